The van der Waals surface area contributed by atoms with E-state index < -0.39 is 5.97 Å². The first-order valence-electron chi connectivity index (χ1n) is 6.46. The maximum absolute atomic E-state index is 13.0. The minimum Gasteiger partial charge on any atom is -0.493 e. The molecule has 1 heterocycles. The van der Waals surface area contributed by atoms with Gasteiger partial charge >= 0.3 is 5.97 Å². The van der Waals surface area contributed by atoms with Crippen molar-refractivity contribution in [1.82, 2.24) is 4.90 Å². The number of likely N-dealkylation sites (tertiary alicyclic amines) is 1. The number of ether oxygens (including phenoxy) is 1. The normalized spacial score (nSPS) is 20.2. The van der Waals surface area contributed by atoms with Gasteiger partial charge in [0.05, 0.1) is 13.2 Å². The molecule has 19 heavy (non-hydrogen) atoms. The van der Waals surface area contributed by atoms with Crippen molar-refractivity contribution in [3.63, 3.8) is 0 Å². The predicted molar refractivity (Wildman–Crippen MR) is 68.7 cm³/mol. The number of aliphatic carboxylic acids is 1. The molecule has 4 nitrogen and oxygen atoms in total. The van der Waals surface area contributed by atoms with E-state index in [1.807, 2.05) is 4.90 Å². The summed E-state index contributed by atoms with van der Waals surface area (Å²) in [6.45, 7) is 2.13. The number of carboxylic acid groups (broad SMARTS) is 1. The van der Waals surface area contributed by atoms with Crippen molar-refractivity contribution in [3.8, 4) is 5.75 Å². The van der Waals surface area contributed by atoms with Gasteiger partial charge in [-0.25, -0.2) is 4.39 Å². The second-order valence-corrected chi connectivity index (χ2v) is 4.91. The van der Waals surface area contributed by atoms with Gasteiger partial charge in [0.1, 0.15) is 11.6 Å². The largest absolute Gasteiger partial charge is 0.493 e. The van der Waals surface area contributed by atoms with Crippen LogP contribution in [0.15, 0.2) is 24.3 Å². The van der Waals surface area contributed by atoms with Crippen molar-refractivity contribution in [2.45, 2.75) is 12.8 Å². The Labute approximate surface area is 111 Å². The SMILES string of the molecule is O=C(O)CN1CCC[C@@H](COc2cccc(F)c2)C1. The average Bonchev–Trinajstić information content (AvgIpc) is 2.36. The van der Waals surface area contributed by atoms with Gasteiger partial charge in [0.2, 0.25) is 0 Å². The number of hydrogen-bond acceptors (Lipinski definition) is 3. The molecule has 1 N–H and O–H groups in total. The molecule has 2 rings (SSSR count). The average molecular weight is 267 g/mol. The summed E-state index contributed by atoms with van der Waals surface area (Å²) in [7, 11) is 0. The lowest BCUT2D eigenvalue weighted by Crippen LogP contribution is -2.40. The van der Waals surface area contributed by atoms with Crippen LogP contribution in [0.25, 0.3) is 0 Å². The highest BCUT2D eigenvalue weighted by atomic mass is 19.1. The Kier molecular flexibility index (Phi) is 4.74. The molecular weight excluding hydrogens is 249 g/mol. The highest BCUT2D eigenvalue weighted by molar-refractivity contribution is 5.69. The van der Waals surface area contributed by atoms with Gasteiger partial charge in [0.25, 0.3) is 0 Å². The van der Waals surface area contributed by atoms with E-state index in [4.69, 9.17) is 9.84 Å². The number of halogens is 1. The van der Waals surface area contributed by atoms with Gasteiger partial charge in [-0.05, 0) is 31.5 Å². The van der Waals surface area contributed by atoms with Crippen LogP contribution in [-0.4, -0.2) is 42.2 Å². The summed E-state index contributed by atoms with van der Waals surface area (Å²) in [4.78, 5) is 12.6. The van der Waals surface area contributed by atoms with Gasteiger partial charge in [-0.1, -0.05) is 6.07 Å². The van der Waals surface area contributed by atoms with Crippen molar-refractivity contribution in [2.75, 3.05) is 26.2 Å². The zero-order valence-corrected chi connectivity index (χ0v) is 10.7. The third-order valence-electron chi connectivity index (χ3n) is 3.24. The molecule has 1 fully saturated rings. The minimum absolute atomic E-state index is 0.0798. The Bertz CT molecular complexity index is 438. The summed E-state index contributed by atoms with van der Waals surface area (Å²) < 4.78 is 18.6. The molecule has 0 aliphatic carbocycles. The summed E-state index contributed by atoms with van der Waals surface area (Å²) in [5, 5.41) is 8.78. The van der Waals surface area contributed by atoms with E-state index in [9.17, 15) is 9.18 Å². The lowest BCUT2D eigenvalue weighted by Gasteiger charge is -2.31. The molecule has 1 aromatic carbocycles. The van der Waals surface area contributed by atoms with Crippen molar-refractivity contribution in [1.29, 1.82) is 0 Å². The molecule has 1 saturated heterocycles. The zero-order chi connectivity index (χ0) is 13.7. The van der Waals surface area contributed by atoms with Crippen LogP contribution >= 0.6 is 0 Å². The molecule has 1 aliphatic heterocycles. The summed E-state index contributed by atoms with van der Waals surface area (Å²) in [6, 6.07) is 6.07. The van der Waals surface area contributed by atoms with Crippen LogP contribution in [0, 0.1) is 11.7 Å². The van der Waals surface area contributed by atoms with Gasteiger partial charge in [0, 0.05) is 18.5 Å². The summed E-state index contributed by atoms with van der Waals surface area (Å²) >= 11 is 0. The Morgan fingerprint density at radius 1 is 1.53 bits per heavy atom. The molecule has 0 amide bonds. The highest BCUT2D eigenvalue weighted by Crippen LogP contribution is 2.19. The molecule has 5 heteroatoms. The van der Waals surface area contributed by atoms with E-state index >= 15 is 0 Å². The van der Waals surface area contributed by atoms with E-state index in [1.54, 1.807) is 12.1 Å². The van der Waals surface area contributed by atoms with E-state index in [-0.39, 0.29) is 12.4 Å². The third kappa shape index (κ3) is 4.52. The molecule has 0 radical (unpaired) electrons. The molecule has 0 bridgehead atoms. The number of hydrogen-bond donors (Lipinski definition) is 1. The fourth-order valence-corrected chi connectivity index (χ4v) is 2.39. The number of nitrogens with zero attached hydrogens (tertiary/aromatic N) is 1. The molecule has 1 aromatic rings. The molecular formula is C14H18FNO3. The molecule has 1 atom stereocenters. The Morgan fingerprint density at radius 2 is 2.37 bits per heavy atom. The standard InChI is InChI=1S/C14H18FNO3/c15-12-4-1-5-13(7-12)19-10-11-3-2-6-16(8-11)9-14(17)18/h1,4-5,7,11H,2-3,6,8-10H2,(H,17,18)/t11-/m1/s1. The van der Waals surface area contributed by atoms with Gasteiger partial charge in [-0.15, -0.1) is 0 Å². The topological polar surface area (TPSA) is 49.8 Å². The summed E-state index contributed by atoms with van der Waals surface area (Å²) in [5.74, 6) is -0.285. The minimum atomic E-state index is -0.799. The first-order chi connectivity index (χ1) is 9.13. The van der Waals surface area contributed by atoms with E-state index in [1.165, 1.54) is 12.1 Å². The van der Waals surface area contributed by atoms with Crippen molar-refractivity contribution in [3.05, 3.63) is 30.1 Å². The molecule has 104 valence electrons. The molecule has 0 spiro atoms. The van der Waals surface area contributed by atoms with Crippen LogP contribution in [0.2, 0.25) is 0 Å². The van der Waals surface area contributed by atoms with Crippen LogP contribution in [0.4, 0.5) is 4.39 Å². The summed E-state index contributed by atoms with van der Waals surface area (Å²) in [5.41, 5.74) is 0. The van der Waals surface area contributed by atoms with Gasteiger partial charge < -0.3 is 9.84 Å². The van der Waals surface area contributed by atoms with Gasteiger partial charge in [-0.3, -0.25) is 9.69 Å². The first kappa shape index (κ1) is 13.8. The molecule has 0 saturated carbocycles. The zero-order valence-electron chi connectivity index (χ0n) is 10.7. The maximum atomic E-state index is 13.0. The Balaban J connectivity index is 1.81. The van der Waals surface area contributed by atoms with Crippen molar-refractivity contribution in [2.24, 2.45) is 5.92 Å². The lowest BCUT2D eigenvalue weighted by atomic mass is 9.99. The lowest BCUT2D eigenvalue weighted by molar-refractivity contribution is -0.138. The number of rotatable bonds is 5. The van der Waals surface area contributed by atoms with Crippen LogP contribution < -0.4 is 4.74 Å². The fourth-order valence-electron chi connectivity index (χ4n) is 2.39. The van der Waals surface area contributed by atoms with Crippen LogP contribution in [0.5, 0.6) is 5.75 Å². The smallest absolute Gasteiger partial charge is 0.317 e. The Hall–Kier alpha value is -1.62. The number of piperidine rings is 1. The second-order valence-electron chi connectivity index (χ2n) is 4.91. The third-order valence-corrected chi connectivity index (χ3v) is 3.24. The van der Waals surface area contributed by atoms with Crippen molar-refractivity contribution < 1.29 is 19.0 Å². The van der Waals surface area contributed by atoms with E-state index in [2.05, 4.69) is 0 Å². The van der Waals surface area contributed by atoms with Gasteiger partial charge in [0.15, 0.2) is 0 Å². The quantitative estimate of drug-likeness (QED) is 0.886. The number of benzene rings is 1. The first-order valence-corrected chi connectivity index (χ1v) is 6.46. The maximum Gasteiger partial charge on any atom is 0.317 e. The number of carbonyl (C=O) groups is 1. The van der Waals surface area contributed by atoms with Crippen LogP contribution in [0.3, 0.4) is 0 Å². The molecule has 1 aliphatic rings. The van der Waals surface area contributed by atoms with Crippen LogP contribution in [-0.2, 0) is 4.79 Å². The Morgan fingerprint density at radius 3 is 3.11 bits per heavy atom. The van der Waals surface area contributed by atoms with Crippen molar-refractivity contribution >= 4 is 5.97 Å². The molecule has 0 unspecified atom stereocenters. The van der Waals surface area contributed by atoms with Crippen LogP contribution in [0.1, 0.15) is 12.8 Å². The number of carboxylic acids is 1. The predicted octanol–water partition coefficient (Wildman–Crippen LogP) is 2.00. The second kappa shape index (κ2) is 6.52. The fraction of sp³-hybridized carbons (Fsp3) is 0.500. The van der Waals surface area contributed by atoms with Gasteiger partial charge in [-0.2, -0.15) is 0 Å². The van der Waals surface area contributed by atoms with E-state index in [0.717, 1.165) is 25.9 Å². The van der Waals surface area contributed by atoms with E-state index in [0.29, 0.717) is 18.3 Å². The highest BCUT2D eigenvalue weighted by Gasteiger charge is 2.21. The summed E-state index contributed by atoms with van der Waals surface area (Å²) in [6.07, 6.45) is 2.00. The molecule has 0 aromatic heterocycles. The monoisotopic (exact) mass is 267 g/mol.